The first kappa shape index (κ1) is 16.9. The zero-order valence-electron chi connectivity index (χ0n) is 12.9. The molecular formula is C16H16N4O4. The molecule has 0 atom stereocenters. The Bertz CT molecular complexity index is 789. The van der Waals surface area contributed by atoms with Crippen LogP contribution in [0.4, 0.5) is 11.4 Å². The van der Waals surface area contributed by atoms with Crippen LogP contribution in [-0.2, 0) is 4.79 Å². The first-order valence-corrected chi connectivity index (χ1v) is 7.05. The van der Waals surface area contributed by atoms with Crippen LogP contribution in [0, 0.1) is 17.0 Å². The van der Waals surface area contributed by atoms with Gasteiger partial charge >= 0.3 is 0 Å². The number of nitro groups is 1. The summed E-state index contributed by atoms with van der Waals surface area (Å²) >= 11 is 0. The smallest absolute Gasteiger partial charge is 0.270 e. The number of hydrazone groups is 1. The summed E-state index contributed by atoms with van der Waals surface area (Å²) in [4.78, 5) is 21.8. The van der Waals surface area contributed by atoms with E-state index in [1.807, 2.05) is 31.2 Å². The van der Waals surface area contributed by atoms with E-state index in [9.17, 15) is 20.0 Å². The zero-order valence-corrected chi connectivity index (χ0v) is 12.9. The number of carbonyl (C=O) groups is 1. The van der Waals surface area contributed by atoms with E-state index in [-0.39, 0.29) is 23.5 Å². The molecule has 0 bridgehead atoms. The van der Waals surface area contributed by atoms with Gasteiger partial charge in [0.15, 0.2) is 0 Å². The number of nitrogens with one attached hydrogen (secondary N) is 2. The molecule has 8 nitrogen and oxygen atoms in total. The van der Waals surface area contributed by atoms with Crippen molar-refractivity contribution in [2.75, 3.05) is 11.9 Å². The summed E-state index contributed by atoms with van der Waals surface area (Å²) in [7, 11) is 0. The highest BCUT2D eigenvalue weighted by Gasteiger charge is 2.08. The van der Waals surface area contributed by atoms with Gasteiger partial charge in [-0.3, -0.25) is 14.9 Å². The Labute approximate surface area is 138 Å². The Morgan fingerprint density at radius 1 is 1.33 bits per heavy atom. The van der Waals surface area contributed by atoms with Crippen LogP contribution in [0.25, 0.3) is 0 Å². The number of aromatic hydroxyl groups is 1. The number of phenols is 1. The van der Waals surface area contributed by atoms with Gasteiger partial charge in [-0.05, 0) is 30.7 Å². The number of nitro benzene ring substituents is 1. The molecular weight excluding hydrogens is 312 g/mol. The van der Waals surface area contributed by atoms with Crippen molar-refractivity contribution >= 4 is 23.5 Å². The normalized spacial score (nSPS) is 10.5. The molecule has 0 aliphatic carbocycles. The molecule has 8 heteroatoms. The van der Waals surface area contributed by atoms with Crippen LogP contribution in [-0.4, -0.2) is 28.7 Å². The molecule has 0 spiro atoms. The second-order valence-electron chi connectivity index (χ2n) is 5.02. The van der Waals surface area contributed by atoms with Crippen LogP contribution in [0.15, 0.2) is 47.6 Å². The maximum Gasteiger partial charge on any atom is 0.270 e. The van der Waals surface area contributed by atoms with Crippen molar-refractivity contribution in [3.63, 3.8) is 0 Å². The van der Waals surface area contributed by atoms with Crippen LogP contribution >= 0.6 is 0 Å². The topological polar surface area (TPSA) is 117 Å². The highest BCUT2D eigenvalue weighted by atomic mass is 16.6. The first-order valence-electron chi connectivity index (χ1n) is 7.05. The van der Waals surface area contributed by atoms with Gasteiger partial charge in [-0.15, -0.1) is 0 Å². The number of amides is 1. The minimum absolute atomic E-state index is 0.0156. The highest BCUT2D eigenvalue weighted by molar-refractivity contribution is 5.86. The van der Waals surface area contributed by atoms with Crippen molar-refractivity contribution in [1.82, 2.24) is 5.43 Å². The number of benzene rings is 2. The third-order valence-electron chi connectivity index (χ3n) is 3.09. The maximum atomic E-state index is 11.7. The van der Waals surface area contributed by atoms with E-state index in [1.165, 1.54) is 12.1 Å². The largest absolute Gasteiger partial charge is 0.507 e. The molecule has 0 radical (unpaired) electrons. The molecule has 124 valence electrons. The number of nitrogens with zero attached hydrogens (tertiary/aromatic N) is 2. The predicted octanol–water partition coefficient (Wildman–Crippen LogP) is 2.17. The van der Waals surface area contributed by atoms with Crippen LogP contribution in [0.1, 0.15) is 11.1 Å². The number of carbonyl (C=O) groups excluding carboxylic acids is 1. The molecule has 0 aromatic heterocycles. The van der Waals surface area contributed by atoms with Crippen LogP contribution in [0.2, 0.25) is 0 Å². The van der Waals surface area contributed by atoms with Gasteiger partial charge in [-0.25, -0.2) is 5.43 Å². The van der Waals surface area contributed by atoms with E-state index in [2.05, 4.69) is 15.8 Å². The molecule has 0 saturated carbocycles. The molecule has 0 saturated heterocycles. The Morgan fingerprint density at radius 2 is 2.12 bits per heavy atom. The molecule has 24 heavy (non-hydrogen) atoms. The monoisotopic (exact) mass is 328 g/mol. The average Bonchev–Trinajstić information content (AvgIpc) is 2.54. The van der Waals surface area contributed by atoms with Gasteiger partial charge in [0.2, 0.25) is 0 Å². The molecule has 2 aromatic carbocycles. The second-order valence-corrected chi connectivity index (χ2v) is 5.02. The number of rotatable bonds is 6. The molecule has 2 rings (SSSR count). The van der Waals surface area contributed by atoms with E-state index in [1.54, 1.807) is 0 Å². The summed E-state index contributed by atoms with van der Waals surface area (Å²) in [6.07, 6.45) is 1.15. The predicted molar refractivity (Wildman–Crippen MR) is 90.2 cm³/mol. The lowest BCUT2D eigenvalue weighted by atomic mass is 10.2. The van der Waals surface area contributed by atoms with Gasteiger partial charge in [0, 0.05) is 23.4 Å². The minimum atomic E-state index is -0.582. The van der Waals surface area contributed by atoms with Gasteiger partial charge in [0.05, 0.1) is 17.7 Å². The number of aryl methyl sites for hydroxylation is 1. The van der Waals surface area contributed by atoms with Crippen molar-refractivity contribution in [2.24, 2.45) is 5.10 Å². The van der Waals surface area contributed by atoms with Gasteiger partial charge in [0.1, 0.15) is 5.75 Å². The Kier molecular flexibility index (Phi) is 5.45. The molecule has 0 aliphatic rings. The van der Waals surface area contributed by atoms with Crippen molar-refractivity contribution < 1.29 is 14.8 Å². The number of hydrogen-bond acceptors (Lipinski definition) is 6. The van der Waals surface area contributed by atoms with Crippen LogP contribution in [0.5, 0.6) is 5.75 Å². The number of anilines is 1. The average molecular weight is 328 g/mol. The molecule has 3 N–H and O–H groups in total. The Balaban J connectivity index is 1.90. The molecule has 2 aromatic rings. The number of phenolic OH excluding ortho intramolecular Hbond substituents is 1. The van der Waals surface area contributed by atoms with Crippen molar-refractivity contribution in [3.05, 3.63) is 63.7 Å². The third-order valence-corrected chi connectivity index (χ3v) is 3.09. The van der Waals surface area contributed by atoms with Gasteiger partial charge < -0.3 is 10.4 Å². The van der Waals surface area contributed by atoms with Crippen LogP contribution in [0.3, 0.4) is 0 Å². The maximum absolute atomic E-state index is 11.7. The standard InChI is InChI=1S/C16H16N4O4/c1-11-3-2-4-13(7-11)17-10-16(22)19-18-9-12-8-14(20(23)24)5-6-15(12)21/h2-9,17,21H,10H2,1H3,(H,19,22)/b18-9-. The van der Waals surface area contributed by atoms with Gasteiger partial charge in [-0.2, -0.15) is 5.10 Å². The van der Waals surface area contributed by atoms with Gasteiger partial charge in [0.25, 0.3) is 11.6 Å². The Hall–Kier alpha value is -3.42. The van der Waals surface area contributed by atoms with Crippen LogP contribution < -0.4 is 10.7 Å². The van der Waals surface area contributed by atoms with E-state index in [0.717, 1.165) is 23.5 Å². The Morgan fingerprint density at radius 3 is 2.83 bits per heavy atom. The number of non-ortho nitro benzene ring substituents is 1. The SMILES string of the molecule is Cc1cccc(NCC(=O)N/N=C\c2cc([N+](=O)[O-])ccc2O)c1. The van der Waals surface area contributed by atoms with E-state index in [0.29, 0.717) is 0 Å². The lowest BCUT2D eigenvalue weighted by molar-refractivity contribution is -0.384. The van der Waals surface area contributed by atoms with E-state index < -0.39 is 10.8 Å². The van der Waals surface area contributed by atoms with E-state index in [4.69, 9.17) is 0 Å². The lowest BCUT2D eigenvalue weighted by Gasteiger charge is -2.05. The summed E-state index contributed by atoms with van der Waals surface area (Å²) in [5.74, 6) is -0.561. The summed E-state index contributed by atoms with van der Waals surface area (Å²) in [6.45, 7) is 1.96. The van der Waals surface area contributed by atoms with Gasteiger partial charge in [-0.1, -0.05) is 12.1 Å². The third kappa shape index (κ3) is 4.80. The molecule has 0 aliphatic heterocycles. The second kappa shape index (κ2) is 7.73. The number of hydrogen-bond donors (Lipinski definition) is 3. The summed E-state index contributed by atoms with van der Waals surface area (Å²) < 4.78 is 0. The summed E-state index contributed by atoms with van der Waals surface area (Å²) in [5.41, 5.74) is 4.11. The fraction of sp³-hybridized carbons (Fsp3) is 0.125. The van der Waals surface area contributed by atoms with E-state index >= 15 is 0 Å². The minimum Gasteiger partial charge on any atom is -0.507 e. The molecule has 0 heterocycles. The molecule has 1 amide bonds. The summed E-state index contributed by atoms with van der Waals surface area (Å²) in [5, 5.41) is 26.9. The van der Waals surface area contributed by atoms with Crippen molar-refractivity contribution in [1.29, 1.82) is 0 Å². The highest BCUT2D eigenvalue weighted by Crippen LogP contribution is 2.21. The lowest BCUT2D eigenvalue weighted by Crippen LogP contribution is -2.25. The molecule has 0 unspecified atom stereocenters. The first-order chi connectivity index (χ1) is 11.5. The quantitative estimate of drug-likeness (QED) is 0.427. The molecule has 0 fully saturated rings. The fourth-order valence-corrected chi connectivity index (χ4v) is 1.91. The van der Waals surface area contributed by atoms with Crippen molar-refractivity contribution in [3.8, 4) is 5.75 Å². The zero-order chi connectivity index (χ0) is 17.5. The fourth-order valence-electron chi connectivity index (χ4n) is 1.91. The van der Waals surface area contributed by atoms with Crippen molar-refractivity contribution in [2.45, 2.75) is 6.92 Å². The summed E-state index contributed by atoms with van der Waals surface area (Å²) in [6, 6.07) is 11.1.